The Morgan fingerprint density at radius 3 is 2.43 bits per heavy atom. The molecule has 0 aliphatic carbocycles. The van der Waals surface area contributed by atoms with Crippen molar-refractivity contribution in [1.29, 1.82) is 0 Å². The molecule has 0 bridgehead atoms. The number of allylic oxidation sites excluding steroid dienone is 1. The molecule has 2 aromatic rings. The Labute approximate surface area is 165 Å². The van der Waals surface area contributed by atoms with Gasteiger partial charge >= 0.3 is 0 Å². The predicted molar refractivity (Wildman–Crippen MR) is 111 cm³/mol. The Bertz CT molecular complexity index is 868. The van der Waals surface area contributed by atoms with Crippen LogP contribution in [0.3, 0.4) is 0 Å². The fourth-order valence-corrected chi connectivity index (χ4v) is 3.02. The molecule has 2 aromatic carbocycles. The minimum Gasteiger partial charge on any atom is -0.348 e. The quantitative estimate of drug-likeness (QED) is 0.697. The molecule has 5 nitrogen and oxygen atoms in total. The second-order valence-electron chi connectivity index (χ2n) is 6.73. The van der Waals surface area contributed by atoms with Crippen LogP contribution in [0, 0.1) is 0 Å². The van der Waals surface area contributed by atoms with E-state index in [1.807, 2.05) is 78.8 Å². The van der Waals surface area contributed by atoms with E-state index in [2.05, 4.69) is 10.7 Å². The summed E-state index contributed by atoms with van der Waals surface area (Å²) < 4.78 is 0. The first-order valence-corrected chi connectivity index (χ1v) is 9.40. The van der Waals surface area contributed by atoms with Crippen molar-refractivity contribution in [1.82, 2.24) is 15.8 Å². The van der Waals surface area contributed by atoms with Gasteiger partial charge in [-0.1, -0.05) is 60.7 Å². The zero-order chi connectivity index (χ0) is 19.8. The summed E-state index contributed by atoms with van der Waals surface area (Å²) in [5.41, 5.74) is 8.26. The first kappa shape index (κ1) is 19.6. The van der Waals surface area contributed by atoms with Crippen LogP contribution in [0.4, 0.5) is 0 Å². The number of aldehydes is 1. The van der Waals surface area contributed by atoms with Crippen LogP contribution in [-0.2, 0) is 29.1 Å². The average Bonchev–Trinajstić information content (AvgIpc) is 3.18. The lowest BCUT2D eigenvalue weighted by molar-refractivity contribution is -0.117. The molecule has 1 aliphatic rings. The Balaban J connectivity index is 1.51. The monoisotopic (exact) mass is 375 g/mol. The molecule has 2 N–H and O–H groups in total. The molecule has 5 heteroatoms. The fraction of sp³-hybridized carbons (Fsp3) is 0.217. The highest BCUT2D eigenvalue weighted by molar-refractivity contribution is 5.94. The van der Waals surface area contributed by atoms with Crippen molar-refractivity contribution in [3.8, 4) is 0 Å². The molecule has 1 heterocycles. The number of nitrogens with zero attached hydrogens (tertiary/aromatic N) is 1. The number of hydrogen-bond donors (Lipinski definition) is 2. The van der Waals surface area contributed by atoms with Crippen LogP contribution in [0.1, 0.15) is 29.2 Å². The maximum absolute atomic E-state index is 12.4. The van der Waals surface area contributed by atoms with Gasteiger partial charge in [0, 0.05) is 31.3 Å². The van der Waals surface area contributed by atoms with Crippen LogP contribution in [0.2, 0.25) is 0 Å². The third-order valence-electron chi connectivity index (χ3n) is 4.56. The van der Waals surface area contributed by atoms with E-state index in [0.717, 1.165) is 28.5 Å². The predicted octanol–water partition coefficient (Wildman–Crippen LogP) is 2.98. The lowest BCUT2D eigenvalue weighted by Crippen LogP contribution is -2.29. The highest BCUT2D eigenvalue weighted by Crippen LogP contribution is 2.12. The Kier molecular flexibility index (Phi) is 6.76. The summed E-state index contributed by atoms with van der Waals surface area (Å²) >= 11 is 0. The smallest absolute Gasteiger partial charge is 0.250 e. The van der Waals surface area contributed by atoms with Crippen molar-refractivity contribution in [2.45, 2.75) is 26.4 Å². The summed E-state index contributed by atoms with van der Waals surface area (Å²) in [6.45, 7) is 3.66. The molecule has 0 unspecified atom stereocenters. The standard InChI is InChI=1S/C23H25N3O2/c1-2-3-18-4-8-20(9-5-18)14-24-23(28)22-15-25-26(17-22)16-21-10-6-19(7-11-21)12-13-27/h2-11,13,17,25H,12,14-16H2,1H3,(H,24,28)/b3-2-. The maximum atomic E-state index is 12.4. The molecule has 1 aliphatic heterocycles. The van der Waals surface area contributed by atoms with E-state index in [4.69, 9.17) is 0 Å². The van der Waals surface area contributed by atoms with Gasteiger partial charge in [0.2, 0.25) is 5.91 Å². The summed E-state index contributed by atoms with van der Waals surface area (Å²) in [5.74, 6) is -0.0612. The number of carbonyl (C=O) groups excluding carboxylic acids is 2. The highest BCUT2D eigenvalue weighted by Gasteiger charge is 2.18. The lowest BCUT2D eigenvalue weighted by atomic mass is 10.1. The van der Waals surface area contributed by atoms with Gasteiger partial charge in [0.1, 0.15) is 6.29 Å². The Morgan fingerprint density at radius 1 is 1.07 bits per heavy atom. The van der Waals surface area contributed by atoms with E-state index in [9.17, 15) is 9.59 Å². The molecule has 0 atom stereocenters. The van der Waals surface area contributed by atoms with E-state index in [0.29, 0.717) is 31.6 Å². The molecular formula is C23H25N3O2. The van der Waals surface area contributed by atoms with Gasteiger partial charge in [-0.2, -0.15) is 0 Å². The van der Waals surface area contributed by atoms with Crippen molar-refractivity contribution in [2.75, 3.05) is 6.54 Å². The van der Waals surface area contributed by atoms with Crippen LogP contribution in [-0.4, -0.2) is 23.7 Å². The second kappa shape index (κ2) is 9.67. The third kappa shape index (κ3) is 5.41. The van der Waals surface area contributed by atoms with Gasteiger partial charge in [-0.15, -0.1) is 0 Å². The molecule has 1 amide bonds. The number of amides is 1. The van der Waals surface area contributed by atoms with Gasteiger partial charge < -0.3 is 15.1 Å². The summed E-state index contributed by atoms with van der Waals surface area (Å²) in [7, 11) is 0. The van der Waals surface area contributed by atoms with Crippen LogP contribution in [0.15, 0.2) is 66.4 Å². The summed E-state index contributed by atoms with van der Waals surface area (Å²) in [6, 6.07) is 16.1. The van der Waals surface area contributed by atoms with Crippen LogP contribution in [0.25, 0.3) is 6.08 Å². The number of benzene rings is 2. The van der Waals surface area contributed by atoms with Crippen molar-refractivity contribution in [2.24, 2.45) is 0 Å². The number of carbonyl (C=O) groups is 2. The number of hydrazine groups is 1. The van der Waals surface area contributed by atoms with Crippen molar-refractivity contribution >= 4 is 18.3 Å². The zero-order valence-electron chi connectivity index (χ0n) is 16.0. The minimum atomic E-state index is -0.0612. The summed E-state index contributed by atoms with van der Waals surface area (Å²) in [6.07, 6.45) is 7.24. The van der Waals surface area contributed by atoms with Crippen LogP contribution >= 0.6 is 0 Å². The van der Waals surface area contributed by atoms with Crippen molar-refractivity contribution in [3.63, 3.8) is 0 Å². The van der Waals surface area contributed by atoms with Gasteiger partial charge in [0.05, 0.1) is 6.54 Å². The SMILES string of the molecule is C/C=C\c1ccc(CNC(=O)C2=CN(Cc3ccc(CC=O)cc3)NC2)cc1. The molecule has 0 saturated carbocycles. The largest absolute Gasteiger partial charge is 0.348 e. The zero-order valence-corrected chi connectivity index (χ0v) is 16.0. The number of nitrogens with one attached hydrogen (secondary N) is 2. The third-order valence-corrected chi connectivity index (χ3v) is 4.56. The van der Waals surface area contributed by atoms with Crippen molar-refractivity contribution < 1.29 is 9.59 Å². The fourth-order valence-electron chi connectivity index (χ4n) is 3.02. The second-order valence-corrected chi connectivity index (χ2v) is 6.73. The van der Waals surface area contributed by atoms with Gasteiger partial charge in [0.15, 0.2) is 0 Å². The molecule has 0 spiro atoms. The number of hydrogen-bond acceptors (Lipinski definition) is 4. The first-order valence-electron chi connectivity index (χ1n) is 9.40. The first-order chi connectivity index (χ1) is 13.7. The van der Waals surface area contributed by atoms with Gasteiger partial charge in [-0.25, -0.2) is 5.43 Å². The van der Waals surface area contributed by atoms with E-state index in [1.54, 1.807) is 0 Å². The van der Waals surface area contributed by atoms with Crippen LogP contribution in [0.5, 0.6) is 0 Å². The Hall–Kier alpha value is -3.18. The van der Waals surface area contributed by atoms with Gasteiger partial charge in [0.25, 0.3) is 0 Å². The average molecular weight is 375 g/mol. The molecule has 0 radical (unpaired) electrons. The minimum absolute atomic E-state index is 0.0612. The van der Waals surface area contributed by atoms with Gasteiger partial charge in [-0.3, -0.25) is 4.79 Å². The molecule has 0 saturated heterocycles. The lowest BCUT2D eigenvalue weighted by Gasteiger charge is -2.15. The van der Waals surface area contributed by atoms with E-state index in [-0.39, 0.29) is 5.91 Å². The molecule has 3 rings (SSSR count). The topological polar surface area (TPSA) is 61.4 Å². The highest BCUT2D eigenvalue weighted by atomic mass is 16.1. The molecule has 28 heavy (non-hydrogen) atoms. The summed E-state index contributed by atoms with van der Waals surface area (Å²) in [4.78, 5) is 23.0. The Morgan fingerprint density at radius 2 is 1.75 bits per heavy atom. The van der Waals surface area contributed by atoms with Crippen molar-refractivity contribution in [3.05, 3.63) is 88.6 Å². The molecule has 144 valence electrons. The normalized spacial score (nSPS) is 13.6. The molecule has 0 fully saturated rings. The van der Waals surface area contributed by atoms with Gasteiger partial charge in [-0.05, 0) is 29.2 Å². The van der Waals surface area contributed by atoms with Crippen LogP contribution < -0.4 is 10.7 Å². The molecular weight excluding hydrogens is 350 g/mol. The number of rotatable bonds is 8. The van der Waals surface area contributed by atoms with E-state index >= 15 is 0 Å². The maximum Gasteiger partial charge on any atom is 0.250 e. The van der Waals surface area contributed by atoms with E-state index in [1.165, 1.54) is 0 Å². The molecule has 0 aromatic heterocycles. The van der Waals surface area contributed by atoms with E-state index < -0.39 is 0 Å². The summed E-state index contributed by atoms with van der Waals surface area (Å²) in [5, 5.41) is 4.89.